The standard InChI is InChI=1S/C19H11N2O.C13H12N.Ir/c1-12-9-18-16(10-13(12)11-20)14-5-4-6-15(19(14)22-18)17-7-2-3-8-21-17;1-10-8-13(14-9-11(10)2)12-6-4-3-5-7-12;/h2-5,7-10H,1H3;3-6,8-9H,1-2H3;/q2*-1;. The SMILES string of the molecule is Cc1cc2oc3c(-c4ccccn4)[c-]ccc3c2cc1C#N.Cc1cnc(-c2[c-]cccc2)cc1C.[Ir]. The van der Waals surface area contributed by atoms with Gasteiger partial charge in [-0.2, -0.15) is 5.26 Å². The van der Waals surface area contributed by atoms with E-state index in [9.17, 15) is 5.26 Å². The van der Waals surface area contributed by atoms with Crippen LogP contribution >= 0.6 is 0 Å². The second kappa shape index (κ2) is 11.3. The van der Waals surface area contributed by atoms with Gasteiger partial charge in [-0.05, 0) is 61.5 Å². The van der Waals surface area contributed by atoms with Gasteiger partial charge >= 0.3 is 0 Å². The third kappa shape index (κ3) is 5.37. The van der Waals surface area contributed by atoms with Crippen molar-refractivity contribution in [1.82, 2.24) is 9.97 Å². The first-order chi connectivity index (χ1) is 17.5. The smallest absolute Gasteiger partial charge is 0.121 e. The molecule has 0 spiro atoms. The third-order valence-corrected chi connectivity index (χ3v) is 6.18. The van der Waals surface area contributed by atoms with E-state index in [4.69, 9.17) is 4.42 Å². The third-order valence-electron chi connectivity index (χ3n) is 6.18. The molecule has 0 aliphatic rings. The molecule has 0 saturated carbocycles. The molecule has 1 radical (unpaired) electrons. The van der Waals surface area contributed by atoms with Crippen LogP contribution < -0.4 is 0 Å². The molecule has 4 nitrogen and oxygen atoms in total. The normalized spacial score (nSPS) is 10.3. The minimum absolute atomic E-state index is 0. The fourth-order valence-electron chi connectivity index (χ4n) is 4.03. The summed E-state index contributed by atoms with van der Waals surface area (Å²) in [6, 6.07) is 32.0. The van der Waals surface area contributed by atoms with Gasteiger partial charge in [0.1, 0.15) is 5.58 Å². The van der Waals surface area contributed by atoms with E-state index >= 15 is 0 Å². The zero-order valence-corrected chi connectivity index (χ0v) is 23.1. The maximum atomic E-state index is 9.22. The van der Waals surface area contributed by atoms with Gasteiger partial charge in [0.25, 0.3) is 0 Å². The zero-order valence-electron chi connectivity index (χ0n) is 20.7. The summed E-state index contributed by atoms with van der Waals surface area (Å²) in [5.74, 6) is 0. The summed E-state index contributed by atoms with van der Waals surface area (Å²) in [6.45, 7) is 6.08. The van der Waals surface area contributed by atoms with Crippen molar-refractivity contribution in [1.29, 1.82) is 5.26 Å². The van der Waals surface area contributed by atoms with Crippen LogP contribution in [0.5, 0.6) is 0 Å². The molecule has 0 bridgehead atoms. The molecule has 0 atom stereocenters. The molecule has 0 fully saturated rings. The zero-order chi connectivity index (χ0) is 25.1. The number of hydrogen-bond donors (Lipinski definition) is 0. The molecule has 0 unspecified atom stereocenters. The van der Waals surface area contributed by atoms with Gasteiger partial charge in [0, 0.05) is 37.9 Å². The fraction of sp³-hybridized carbons (Fsp3) is 0.0938. The molecule has 3 aromatic carbocycles. The Morgan fingerprint density at radius 2 is 1.62 bits per heavy atom. The predicted molar refractivity (Wildman–Crippen MR) is 143 cm³/mol. The Morgan fingerprint density at radius 1 is 0.784 bits per heavy atom. The topological polar surface area (TPSA) is 62.7 Å². The minimum atomic E-state index is 0. The van der Waals surface area contributed by atoms with E-state index in [1.807, 2.05) is 79.9 Å². The number of nitriles is 1. The number of nitrogens with zero attached hydrogens (tertiary/aromatic N) is 3. The van der Waals surface area contributed by atoms with E-state index < -0.39 is 0 Å². The Bertz CT molecular complexity index is 1720. The van der Waals surface area contributed by atoms with Crippen molar-refractivity contribution >= 4 is 21.9 Å². The monoisotopic (exact) mass is 658 g/mol. The second-order valence-corrected chi connectivity index (χ2v) is 8.62. The summed E-state index contributed by atoms with van der Waals surface area (Å²) in [5, 5.41) is 11.1. The van der Waals surface area contributed by atoms with Gasteiger partial charge < -0.3 is 14.4 Å². The molecule has 6 rings (SSSR count). The molecule has 3 heterocycles. The molecule has 0 aliphatic heterocycles. The van der Waals surface area contributed by atoms with Crippen LogP contribution in [0.4, 0.5) is 0 Å². The van der Waals surface area contributed by atoms with Gasteiger partial charge in [-0.3, -0.25) is 0 Å². The van der Waals surface area contributed by atoms with Crippen molar-refractivity contribution in [3.8, 4) is 28.6 Å². The molecule has 5 heteroatoms. The quantitative estimate of drug-likeness (QED) is 0.179. The summed E-state index contributed by atoms with van der Waals surface area (Å²) in [4.78, 5) is 8.76. The van der Waals surface area contributed by atoms with Crippen molar-refractivity contribution in [2.75, 3.05) is 0 Å². The maximum absolute atomic E-state index is 9.22. The molecular formula is C32H23IrN3O-2. The number of benzene rings is 3. The van der Waals surface area contributed by atoms with E-state index in [2.05, 4.69) is 48.1 Å². The summed E-state index contributed by atoms with van der Waals surface area (Å²) >= 11 is 0. The number of fused-ring (bicyclic) bond motifs is 3. The van der Waals surface area contributed by atoms with Gasteiger partial charge in [0.2, 0.25) is 0 Å². The van der Waals surface area contributed by atoms with Crippen molar-refractivity contribution in [2.24, 2.45) is 0 Å². The number of pyridine rings is 2. The van der Waals surface area contributed by atoms with Crippen LogP contribution in [0, 0.1) is 44.2 Å². The Kier molecular flexibility index (Phi) is 7.94. The number of aromatic nitrogens is 2. The van der Waals surface area contributed by atoms with Crippen molar-refractivity contribution in [3.05, 3.63) is 120 Å². The van der Waals surface area contributed by atoms with Crippen LogP contribution in [0.3, 0.4) is 0 Å². The Labute approximate surface area is 230 Å². The number of aryl methyl sites for hydroxylation is 3. The van der Waals surface area contributed by atoms with Crippen LogP contribution in [0.1, 0.15) is 22.3 Å². The van der Waals surface area contributed by atoms with Gasteiger partial charge in [-0.25, -0.2) is 0 Å². The van der Waals surface area contributed by atoms with Crippen molar-refractivity contribution < 1.29 is 24.5 Å². The molecule has 0 aliphatic carbocycles. The molecule has 6 aromatic rings. The van der Waals surface area contributed by atoms with Crippen LogP contribution in [-0.4, -0.2) is 9.97 Å². The summed E-state index contributed by atoms with van der Waals surface area (Å²) in [7, 11) is 0. The van der Waals surface area contributed by atoms with E-state index in [1.165, 1.54) is 11.1 Å². The molecule has 0 saturated heterocycles. The van der Waals surface area contributed by atoms with Crippen molar-refractivity contribution in [2.45, 2.75) is 20.8 Å². The molecule has 0 N–H and O–H groups in total. The number of hydrogen-bond acceptors (Lipinski definition) is 4. The number of rotatable bonds is 2. The van der Waals surface area contributed by atoms with E-state index in [0.29, 0.717) is 5.56 Å². The molecular weight excluding hydrogens is 635 g/mol. The second-order valence-electron chi connectivity index (χ2n) is 8.62. The number of furan rings is 1. The summed E-state index contributed by atoms with van der Waals surface area (Å²) in [5.41, 5.74) is 9.32. The van der Waals surface area contributed by atoms with Crippen LogP contribution in [0.25, 0.3) is 44.5 Å². The van der Waals surface area contributed by atoms with Gasteiger partial charge in [0.05, 0.1) is 17.2 Å². The van der Waals surface area contributed by atoms with Crippen LogP contribution in [-0.2, 0) is 20.1 Å². The van der Waals surface area contributed by atoms with E-state index in [-0.39, 0.29) is 20.1 Å². The first-order valence-electron chi connectivity index (χ1n) is 11.6. The van der Waals surface area contributed by atoms with Crippen LogP contribution in [0.15, 0.2) is 89.6 Å². The summed E-state index contributed by atoms with van der Waals surface area (Å²) in [6.07, 6.45) is 3.66. The maximum Gasteiger partial charge on any atom is 0.121 e. The average Bonchev–Trinajstić information content (AvgIpc) is 3.28. The van der Waals surface area contributed by atoms with Crippen molar-refractivity contribution in [3.63, 3.8) is 0 Å². The van der Waals surface area contributed by atoms with E-state index in [1.54, 1.807) is 6.20 Å². The van der Waals surface area contributed by atoms with E-state index in [0.717, 1.165) is 50.0 Å². The first kappa shape index (κ1) is 26.0. The minimum Gasteiger partial charge on any atom is -0.501 e. The Balaban J connectivity index is 0.000000186. The first-order valence-corrected chi connectivity index (χ1v) is 11.6. The fourth-order valence-corrected chi connectivity index (χ4v) is 4.03. The predicted octanol–water partition coefficient (Wildman–Crippen LogP) is 7.79. The molecule has 183 valence electrons. The van der Waals surface area contributed by atoms with Crippen LogP contribution in [0.2, 0.25) is 0 Å². The molecule has 0 amide bonds. The Morgan fingerprint density at radius 3 is 2.32 bits per heavy atom. The van der Waals surface area contributed by atoms with Gasteiger partial charge in [-0.15, -0.1) is 54.1 Å². The average molecular weight is 658 g/mol. The van der Waals surface area contributed by atoms with Gasteiger partial charge in [-0.1, -0.05) is 34.7 Å². The largest absolute Gasteiger partial charge is 0.501 e. The van der Waals surface area contributed by atoms with Gasteiger partial charge in [0.15, 0.2) is 0 Å². The molecule has 3 aromatic heterocycles. The summed E-state index contributed by atoms with van der Waals surface area (Å²) < 4.78 is 6.04. The Hall–Kier alpha value is -4.10. The molecule has 37 heavy (non-hydrogen) atoms.